The van der Waals surface area contributed by atoms with Gasteiger partial charge in [-0.3, -0.25) is 14.2 Å². The fourth-order valence-electron chi connectivity index (χ4n) is 4.60. The summed E-state index contributed by atoms with van der Waals surface area (Å²) in [6, 6.07) is 27.1. The van der Waals surface area contributed by atoms with Crippen LogP contribution in [-0.2, 0) is 27.0 Å². The molecule has 0 unspecified atom stereocenters. The quantitative estimate of drug-likeness (QED) is 0.373. The van der Waals surface area contributed by atoms with Gasteiger partial charge in [0.25, 0.3) is 10.1 Å². The molecule has 3 aromatic rings. The first-order valence-electron chi connectivity index (χ1n) is 11.9. The molecule has 186 valence electrons. The second-order valence-electron chi connectivity index (χ2n) is 8.84. The number of amides is 1. The fourth-order valence-corrected chi connectivity index (χ4v) is 5.08. The van der Waals surface area contributed by atoms with Gasteiger partial charge in [-0.1, -0.05) is 78.4 Å². The monoisotopic (exact) mass is 494 g/mol. The zero-order valence-corrected chi connectivity index (χ0v) is 21.2. The Morgan fingerprint density at radius 2 is 1.46 bits per heavy atom. The van der Waals surface area contributed by atoms with Gasteiger partial charge in [0.1, 0.15) is 0 Å². The lowest BCUT2D eigenvalue weighted by Gasteiger charge is -2.47. The van der Waals surface area contributed by atoms with E-state index < -0.39 is 10.1 Å². The van der Waals surface area contributed by atoms with Crippen molar-refractivity contribution in [1.82, 2.24) is 9.80 Å². The van der Waals surface area contributed by atoms with Gasteiger partial charge in [-0.25, -0.2) is 0 Å². The Morgan fingerprint density at radius 1 is 0.914 bits per heavy atom. The fraction of sp³-hybridized carbons (Fsp3) is 0.321. The molecule has 1 fully saturated rings. The average molecular weight is 495 g/mol. The number of likely N-dealkylation sites (tertiary alicyclic amines) is 1. The summed E-state index contributed by atoms with van der Waals surface area (Å²) >= 11 is 0. The van der Waals surface area contributed by atoms with E-state index in [1.165, 1.54) is 23.3 Å². The molecule has 0 atom stereocenters. The minimum atomic E-state index is -4.02. The van der Waals surface area contributed by atoms with Crippen molar-refractivity contribution in [1.29, 1.82) is 0 Å². The van der Waals surface area contributed by atoms with Crippen LogP contribution in [0.5, 0.6) is 0 Å². The maximum atomic E-state index is 11.7. The molecule has 1 heterocycles. The summed E-state index contributed by atoms with van der Waals surface area (Å²) in [5, 5.41) is 0. The summed E-state index contributed by atoms with van der Waals surface area (Å²) in [5.41, 5.74) is 3.41. The minimum Gasteiger partial charge on any atom is -0.336 e. The molecular weight excluding hydrogens is 460 g/mol. The van der Waals surface area contributed by atoms with Crippen molar-refractivity contribution >= 4 is 16.5 Å². The Morgan fingerprint density at radius 3 is 1.94 bits per heavy atom. The molecule has 4 rings (SSSR count). The lowest BCUT2D eigenvalue weighted by Crippen LogP contribution is -2.52. The number of hydrogen-bond acceptors (Lipinski definition) is 4. The molecule has 0 saturated carbocycles. The lowest BCUT2D eigenvalue weighted by molar-refractivity contribution is -0.126. The van der Waals surface area contributed by atoms with Crippen LogP contribution in [0.1, 0.15) is 36.5 Å². The smallest absolute Gasteiger partial charge is 0.294 e. The number of carbonyl (C=O) groups excluding carboxylic acids is 1. The van der Waals surface area contributed by atoms with Crippen LogP contribution in [0.15, 0.2) is 89.8 Å². The van der Waals surface area contributed by atoms with E-state index >= 15 is 0 Å². The average Bonchev–Trinajstić information content (AvgIpc) is 2.87. The van der Waals surface area contributed by atoms with E-state index in [-0.39, 0.29) is 10.4 Å². The van der Waals surface area contributed by atoms with Crippen molar-refractivity contribution in [3.63, 3.8) is 0 Å². The third-order valence-electron chi connectivity index (χ3n) is 6.58. The van der Waals surface area contributed by atoms with Gasteiger partial charge in [0.15, 0.2) is 0 Å². The molecule has 1 saturated heterocycles. The van der Waals surface area contributed by atoms with E-state index in [0.717, 1.165) is 51.0 Å². The van der Waals surface area contributed by atoms with Crippen LogP contribution in [0.2, 0.25) is 0 Å². The van der Waals surface area contributed by atoms with E-state index in [2.05, 4.69) is 66.4 Å². The molecule has 1 aliphatic heterocycles. The predicted molar refractivity (Wildman–Crippen MR) is 139 cm³/mol. The normalized spacial score (nSPS) is 15.5. The van der Waals surface area contributed by atoms with Crippen molar-refractivity contribution in [3.8, 4) is 0 Å². The Balaban J connectivity index is 0.000000261. The van der Waals surface area contributed by atoms with E-state index in [0.29, 0.717) is 0 Å². The molecule has 1 amide bonds. The van der Waals surface area contributed by atoms with Gasteiger partial charge in [0, 0.05) is 26.2 Å². The summed E-state index contributed by atoms with van der Waals surface area (Å²) in [6.45, 7) is 7.65. The predicted octanol–water partition coefficient (Wildman–Crippen LogP) is 4.90. The number of carbonyl (C=O) groups is 1. The summed E-state index contributed by atoms with van der Waals surface area (Å²) in [6.07, 6.45) is 2.99. The van der Waals surface area contributed by atoms with Crippen molar-refractivity contribution in [2.75, 3.05) is 19.6 Å². The van der Waals surface area contributed by atoms with Gasteiger partial charge in [-0.2, -0.15) is 8.42 Å². The summed E-state index contributed by atoms with van der Waals surface area (Å²) in [7, 11) is -4.02. The van der Waals surface area contributed by atoms with E-state index in [1.54, 1.807) is 12.1 Å². The molecule has 0 aromatic heterocycles. The largest absolute Gasteiger partial charge is 0.336 e. The van der Waals surface area contributed by atoms with Crippen LogP contribution in [-0.4, -0.2) is 48.8 Å². The van der Waals surface area contributed by atoms with Crippen LogP contribution in [0.4, 0.5) is 0 Å². The van der Waals surface area contributed by atoms with Gasteiger partial charge in [0.05, 0.1) is 10.4 Å². The van der Waals surface area contributed by atoms with Gasteiger partial charge >= 0.3 is 0 Å². The molecular formula is C28H34N2O4S. The number of piperidine rings is 1. The van der Waals surface area contributed by atoms with E-state index in [9.17, 15) is 13.2 Å². The Labute approximate surface area is 209 Å². The lowest BCUT2D eigenvalue weighted by atomic mass is 9.79. The first-order valence-corrected chi connectivity index (χ1v) is 13.3. The highest BCUT2D eigenvalue weighted by atomic mass is 32.2. The number of nitrogens with zero attached hydrogens (tertiary/aromatic N) is 2. The minimum absolute atomic E-state index is 0.0666. The maximum Gasteiger partial charge on any atom is 0.294 e. The highest BCUT2D eigenvalue weighted by Gasteiger charge is 2.40. The number of hydrogen-bond donors (Lipinski definition) is 1. The van der Waals surface area contributed by atoms with Crippen LogP contribution in [0, 0.1) is 6.92 Å². The topological polar surface area (TPSA) is 77.9 Å². The summed E-state index contributed by atoms with van der Waals surface area (Å²) in [5.74, 6) is 0. The van der Waals surface area contributed by atoms with E-state index in [4.69, 9.17) is 4.55 Å². The molecule has 0 aliphatic carbocycles. The Bertz CT molecular complexity index is 1160. The van der Waals surface area contributed by atoms with Crippen LogP contribution >= 0.6 is 0 Å². The standard InChI is InChI=1S/C21H26N2O.C7H8O3S/c1-2-23(18-24)21(20-11-7-4-8-12-20)13-15-22(16-14-21)17-19-9-5-3-6-10-19;1-6-2-4-7(5-3-6)11(8,9)10/h3-12,18H,2,13-17H2,1H3;2-5H,1H3,(H,8,9,10). The highest BCUT2D eigenvalue weighted by molar-refractivity contribution is 7.85. The molecule has 7 heteroatoms. The van der Waals surface area contributed by atoms with Crippen LogP contribution in [0.25, 0.3) is 0 Å². The molecule has 3 aromatic carbocycles. The summed E-state index contributed by atoms with van der Waals surface area (Å²) in [4.78, 5) is 16.1. The number of benzene rings is 3. The van der Waals surface area contributed by atoms with Gasteiger partial charge in [0.2, 0.25) is 6.41 Å². The highest BCUT2D eigenvalue weighted by Crippen LogP contribution is 2.38. The third-order valence-corrected chi connectivity index (χ3v) is 7.45. The first-order chi connectivity index (χ1) is 16.8. The molecule has 0 bridgehead atoms. The second kappa shape index (κ2) is 12.1. The van der Waals surface area contributed by atoms with Gasteiger partial charge < -0.3 is 4.90 Å². The molecule has 35 heavy (non-hydrogen) atoms. The van der Waals surface area contributed by atoms with Crippen molar-refractivity contribution in [3.05, 3.63) is 102 Å². The molecule has 0 radical (unpaired) electrons. The zero-order valence-electron chi connectivity index (χ0n) is 20.4. The third kappa shape index (κ3) is 7.01. The first kappa shape index (κ1) is 26.6. The van der Waals surface area contributed by atoms with Crippen molar-refractivity contribution in [2.24, 2.45) is 0 Å². The second-order valence-corrected chi connectivity index (χ2v) is 10.3. The SMILES string of the molecule is CCN(C=O)C1(c2ccccc2)CCN(Cc2ccccc2)CC1.Cc1ccc(S(=O)(=O)O)cc1. The molecule has 6 nitrogen and oxygen atoms in total. The Kier molecular flexibility index (Phi) is 9.20. The maximum absolute atomic E-state index is 11.7. The molecule has 0 spiro atoms. The van der Waals surface area contributed by atoms with Crippen LogP contribution in [0.3, 0.4) is 0 Å². The Hall–Kier alpha value is -3.00. The van der Waals surface area contributed by atoms with Gasteiger partial charge in [-0.05, 0) is 49.9 Å². The number of rotatable bonds is 7. The van der Waals surface area contributed by atoms with E-state index in [1.807, 2.05) is 17.9 Å². The summed E-state index contributed by atoms with van der Waals surface area (Å²) < 4.78 is 29.6. The van der Waals surface area contributed by atoms with Crippen molar-refractivity contribution < 1.29 is 17.8 Å². The number of aryl methyl sites for hydroxylation is 1. The van der Waals surface area contributed by atoms with Gasteiger partial charge in [-0.15, -0.1) is 0 Å². The van der Waals surface area contributed by atoms with Crippen molar-refractivity contribution in [2.45, 2.75) is 43.7 Å². The van der Waals surface area contributed by atoms with Crippen LogP contribution < -0.4 is 0 Å². The zero-order chi connectivity index (χ0) is 25.3. The molecule has 1 N–H and O–H groups in total. The molecule has 1 aliphatic rings.